The van der Waals surface area contributed by atoms with E-state index >= 15 is 0 Å². The molecule has 2 aliphatic heterocycles. The summed E-state index contributed by atoms with van der Waals surface area (Å²) in [6.07, 6.45) is 2.89. The molecular weight excluding hydrogens is 479 g/mol. The number of rotatable bonds is 4. The van der Waals surface area contributed by atoms with Gasteiger partial charge < -0.3 is 29.5 Å². The van der Waals surface area contributed by atoms with E-state index < -0.39 is 5.43 Å². The Hall–Kier alpha value is -2.45. The van der Waals surface area contributed by atoms with Crippen LogP contribution in [0, 0.1) is 0 Å². The molecule has 34 heavy (non-hydrogen) atoms. The van der Waals surface area contributed by atoms with E-state index in [1.54, 1.807) is 6.07 Å². The van der Waals surface area contributed by atoms with Gasteiger partial charge in [0.05, 0.1) is 17.3 Å². The van der Waals surface area contributed by atoms with Gasteiger partial charge in [0.25, 0.3) is 0 Å². The average molecular weight is 507 g/mol. The highest BCUT2D eigenvalue weighted by atomic mass is 35.5. The number of aliphatic hydroxyl groups is 1. The molecule has 3 heterocycles. The van der Waals surface area contributed by atoms with E-state index in [0.717, 1.165) is 38.2 Å². The molecule has 3 N–H and O–H groups in total. The lowest BCUT2D eigenvalue weighted by Crippen LogP contribution is -2.32. The third-order valence-electron chi connectivity index (χ3n) is 7.07. The Morgan fingerprint density at radius 1 is 1.12 bits per heavy atom. The standard InChI is InChI=1S/C25H27ClN2O5.ClH/c1-27-10-7-14(17(27)13-29)22-18(30)11-19(31)23-20(32)12-21(33-25(22)23)15-5-4-6-16(24(15)26)28-8-2-3-9-28;/h4-6,11-12,14,17,29-31H,2-3,7-10,13H2,1H3;1H/t14-,17+;/m1./s1. The summed E-state index contributed by atoms with van der Waals surface area (Å²) < 4.78 is 6.24. The van der Waals surface area contributed by atoms with E-state index in [-0.39, 0.29) is 59.2 Å². The molecule has 0 spiro atoms. The van der Waals surface area contributed by atoms with E-state index in [1.807, 2.05) is 24.1 Å². The molecule has 0 bridgehead atoms. The summed E-state index contributed by atoms with van der Waals surface area (Å²) in [6.45, 7) is 2.48. The SMILES string of the molecule is CN1CC[C@@H](c2c(O)cc(O)c3c(=O)cc(-c4cccc(N5CCCC5)c4Cl)oc23)[C@@H]1CO.Cl. The van der Waals surface area contributed by atoms with Crippen molar-refractivity contribution in [1.29, 1.82) is 0 Å². The molecule has 9 heteroatoms. The van der Waals surface area contributed by atoms with Crippen molar-refractivity contribution in [3.05, 3.63) is 51.1 Å². The largest absolute Gasteiger partial charge is 0.507 e. The highest BCUT2D eigenvalue weighted by Crippen LogP contribution is 2.45. The Kier molecular flexibility index (Phi) is 7.01. The second-order valence-corrected chi connectivity index (χ2v) is 9.34. The molecule has 2 atom stereocenters. The van der Waals surface area contributed by atoms with Gasteiger partial charge in [0.15, 0.2) is 5.43 Å². The van der Waals surface area contributed by atoms with Gasteiger partial charge in [0.1, 0.15) is 28.2 Å². The van der Waals surface area contributed by atoms with E-state index in [9.17, 15) is 20.1 Å². The Bertz CT molecular complexity index is 1270. The molecule has 0 aliphatic carbocycles. The van der Waals surface area contributed by atoms with E-state index in [4.69, 9.17) is 16.0 Å². The molecule has 0 unspecified atom stereocenters. The fraction of sp³-hybridized carbons (Fsp3) is 0.400. The molecule has 3 aromatic rings. The van der Waals surface area contributed by atoms with Crippen molar-refractivity contribution in [2.75, 3.05) is 38.2 Å². The van der Waals surface area contributed by atoms with Gasteiger partial charge in [0.2, 0.25) is 0 Å². The third-order valence-corrected chi connectivity index (χ3v) is 7.47. The fourth-order valence-corrected chi connectivity index (χ4v) is 5.68. The highest BCUT2D eigenvalue weighted by Gasteiger charge is 2.36. The highest BCUT2D eigenvalue weighted by molar-refractivity contribution is 6.36. The minimum atomic E-state index is -0.417. The fourth-order valence-electron chi connectivity index (χ4n) is 5.34. The van der Waals surface area contributed by atoms with Crippen molar-refractivity contribution in [3.8, 4) is 22.8 Å². The molecular formula is C25H28Cl2N2O5. The third kappa shape index (κ3) is 4.01. The number of hydrogen-bond acceptors (Lipinski definition) is 7. The van der Waals surface area contributed by atoms with Crippen LogP contribution in [-0.2, 0) is 0 Å². The van der Waals surface area contributed by atoms with Crippen LogP contribution in [0.15, 0.2) is 39.5 Å². The second kappa shape index (κ2) is 9.66. The summed E-state index contributed by atoms with van der Waals surface area (Å²) in [5.74, 6) is -0.476. The van der Waals surface area contributed by atoms with Crippen LogP contribution in [0.1, 0.15) is 30.7 Å². The van der Waals surface area contributed by atoms with Gasteiger partial charge in [-0.25, -0.2) is 0 Å². The second-order valence-electron chi connectivity index (χ2n) is 8.97. The van der Waals surface area contributed by atoms with Crippen LogP contribution in [0.3, 0.4) is 0 Å². The molecule has 5 rings (SSSR count). The zero-order chi connectivity index (χ0) is 23.3. The zero-order valence-electron chi connectivity index (χ0n) is 18.8. The lowest BCUT2D eigenvalue weighted by atomic mass is 9.89. The van der Waals surface area contributed by atoms with Gasteiger partial charge in [-0.3, -0.25) is 4.79 Å². The van der Waals surface area contributed by atoms with Gasteiger partial charge in [-0.15, -0.1) is 12.4 Å². The van der Waals surface area contributed by atoms with Crippen molar-refractivity contribution in [2.45, 2.75) is 31.2 Å². The van der Waals surface area contributed by atoms with Crippen molar-refractivity contribution in [3.63, 3.8) is 0 Å². The summed E-state index contributed by atoms with van der Waals surface area (Å²) in [5.41, 5.74) is 1.62. The number of fused-ring (bicyclic) bond motifs is 1. The number of likely N-dealkylation sites (tertiary alicyclic amines) is 1. The summed E-state index contributed by atoms with van der Waals surface area (Å²) in [7, 11) is 1.91. The summed E-state index contributed by atoms with van der Waals surface area (Å²) in [6, 6.07) is 7.92. The first kappa shape index (κ1) is 24.7. The van der Waals surface area contributed by atoms with E-state index in [2.05, 4.69) is 4.90 Å². The van der Waals surface area contributed by atoms with Gasteiger partial charge in [-0.2, -0.15) is 0 Å². The van der Waals surface area contributed by atoms with Crippen molar-refractivity contribution in [2.24, 2.45) is 0 Å². The Balaban J connectivity index is 0.00000274. The van der Waals surface area contributed by atoms with Gasteiger partial charge in [-0.1, -0.05) is 17.7 Å². The summed E-state index contributed by atoms with van der Waals surface area (Å²) in [4.78, 5) is 17.4. The molecule has 2 aromatic carbocycles. The van der Waals surface area contributed by atoms with Crippen LogP contribution in [0.5, 0.6) is 11.5 Å². The molecule has 182 valence electrons. The number of aliphatic hydroxyl groups excluding tert-OH is 1. The van der Waals surface area contributed by atoms with E-state index in [1.165, 1.54) is 12.1 Å². The lowest BCUT2D eigenvalue weighted by Gasteiger charge is -2.24. The Morgan fingerprint density at radius 2 is 1.85 bits per heavy atom. The van der Waals surface area contributed by atoms with Crippen molar-refractivity contribution in [1.82, 2.24) is 4.90 Å². The van der Waals surface area contributed by atoms with Gasteiger partial charge >= 0.3 is 0 Å². The number of hydrogen-bond donors (Lipinski definition) is 3. The minimum absolute atomic E-state index is 0. The van der Waals surface area contributed by atoms with Crippen LogP contribution in [0.25, 0.3) is 22.3 Å². The number of anilines is 1. The maximum atomic E-state index is 13.1. The predicted octanol–water partition coefficient (Wildman–Crippen LogP) is 4.33. The number of likely N-dealkylation sites (N-methyl/N-ethyl adjacent to an activating group) is 1. The molecule has 7 nitrogen and oxygen atoms in total. The van der Waals surface area contributed by atoms with Crippen LogP contribution < -0.4 is 10.3 Å². The minimum Gasteiger partial charge on any atom is -0.507 e. The molecule has 2 aliphatic rings. The number of halogens is 2. The summed E-state index contributed by atoms with van der Waals surface area (Å²) in [5, 5.41) is 31.7. The maximum absolute atomic E-state index is 13.1. The van der Waals surface area contributed by atoms with Gasteiger partial charge in [-0.05, 0) is 45.0 Å². The first-order valence-corrected chi connectivity index (χ1v) is 11.7. The molecule has 0 radical (unpaired) electrons. The predicted molar refractivity (Wildman–Crippen MR) is 136 cm³/mol. The molecule has 1 aromatic heterocycles. The van der Waals surface area contributed by atoms with Gasteiger partial charge in [0, 0.05) is 48.3 Å². The maximum Gasteiger partial charge on any atom is 0.197 e. The Labute approximate surface area is 208 Å². The summed E-state index contributed by atoms with van der Waals surface area (Å²) >= 11 is 6.78. The first-order chi connectivity index (χ1) is 15.9. The number of phenolic OH excluding ortho intramolecular Hbond substituents is 2. The average Bonchev–Trinajstić information content (AvgIpc) is 3.43. The zero-order valence-corrected chi connectivity index (χ0v) is 20.4. The smallest absolute Gasteiger partial charge is 0.197 e. The molecule has 0 saturated carbocycles. The molecule has 2 fully saturated rings. The number of aromatic hydroxyl groups is 2. The normalized spacial score (nSPS) is 20.7. The van der Waals surface area contributed by atoms with E-state index in [0.29, 0.717) is 22.6 Å². The number of benzene rings is 2. The monoisotopic (exact) mass is 506 g/mol. The first-order valence-electron chi connectivity index (χ1n) is 11.3. The lowest BCUT2D eigenvalue weighted by molar-refractivity contribution is 0.172. The topological polar surface area (TPSA) is 97.4 Å². The van der Waals surface area contributed by atoms with Crippen LogP contribution in [-0.4, -0.2) is 59.6 Å². The molecule has 0 amide bonds. The number of phenols is 2. The van der Waals surface area contributed by atoms with Crippen molar-refractivity contribution < 1.29 is 19.7 Å². The number of nitrogens with zero attached hydrogens (tertiary/aromatic N) is 2. The van der Waals surface area contributed by atoms with Crippen molar-refractivity contribution >= 4 is 40.7 Å². The van der Waals surface area contributed by atoms with Crippen LogP contribution in [0.4, 0.5) is 5.69 Å². The molecule has 2 saturated heterocycles. The quantitative estimate of drug-likeness (QED) is 0.484. The van der Waals surface area contributed by atoms with Crippen LogP contribution in [0.2, 0.25) is 5.02 Å². The van der Waals surface area contributed by atoms with Crippen LogP contribution >= 0.6 is 24.0 Å². The Morgan fingerprint density at radius 3 is 2.56 bits per heavy atom.